The molecule has 1 fully saturated rings. The van der Waals surface area contributed by atoms with Gasteiger partial charge in [0.25, 0.3) is 0 Å². The molecule has 0 unspecified atom stereocenters. The average Bonchev–Trinajstić information content (AvgIpc) is 2.77. The van der Waals surface area contributed by atoms with Crippen molar-refractivity contribution in [2.45, 2.75) is 44.2 Å². The highest BCUT2D eigenvalue weighted by atomic mass is 16.1. The van der Waals surface area contributed by atoms with Gasteiger partial charge in [-0.1, -0.05) is 0 Å². The first kappa shape index (κ1) is 12.8. The normalized spacial score (nSPS) is 25.6. The standard InChI is InChI=1S/C11H19N6O/c12-8(6-18)5-7-1-3-9(4-2-7)14-11-15-10(13)16-17-11/h7-9H,1-5,12H2,(H4,13,14,15,16,17)/t7?,8-,9?/m0/s1. The molecular weight excluding hydrogens is 232 g/mol. The van der Waals surface area contributed by atoms with Crippen LogP contribution in [0.1, 0.15) is 32.1 Å². The number of hydrogen-bond acceptors (Lipinski definition) is 6. The Labute approximate surface area is 106 Å². The van der Waals surface area contributed by atoms with Crippen molar-refractivity contribution in [1.82, 2.24) is 15.2 Å². The molecular formula is C11H19N6O. The van der Waals surface area contributed by atoms with E-state index in [-0.39, 0.29) is 5.95 Å². The summed E-state index contributed by atoms with van der Waals surface area (Å²) in [6, 6.07) is -0.0568. The molecule has 0 bridgehead atoms. The second-order valence-electron chi connectivity index (χ2n) is 4.86. The van der Waals surface area contributed by atoms with Gasteiger partial charge in [0, 0.05) is 6.04 Å². The fourth-order valence-electron chi connectivity index (χ4n) is 2.48. The second-order valence-corrected chi connectivity index (χ2v) is 4.86. The van der Waals surface area contributed by atoms with E-state index in [1.807, 2.05) is 6.29 Å². The molecule has 99 valence electrons. The molecule has 1 radical (unpaired) electrons. The van der Waals surface area contributed by atoms with E-state index in [1.54, 1.807) is 0 Å². The Bertz CT molecular complexity index is 385. The second kappa shape index (κ2) is 5.81. The Kier molecular flexibility index (Phi) is 4.14. The van der Waals surface area contributed by atoms with Crippen LogP contribution in [0.2, 0.25) is 0 Å². The number of H-pyrrole nitrogens is 1. The highest BCUT2D eigenvalue weighted by molar-refractivity contribution is 5.57. The van der Waals surface area contributed by atoms with Crippen molar-refractivity contribution in [2.75, 3.05) is 11.1 Å². The van der Waals surface area contributed by atoms with E-state index in [2.05, 4.69) is 20.5 Å². The number of nitrogens with two attached hydrogens (primary N) is 2. The lowest BCUT2D eigenvalue weighted by Gasteiger charge is -2.29. The molecule has 1 aromatic heterocycles. The molecule has 1 heterocycles. The Morgan fingerprint density at radius 2 is 2.17 bits per heavy atom. The molecule has 0 saturated heterocycles. The number of rotatable bonds is 5. The summed E-state index contributed by atoms with van der Waals surface area (Å²) in [6.07, 6.45) is 6.79. The lowest BCUT2D eigenvalue weighted by Crippen LogP contribution is -2.31. The summed E-state index contributed by atoms with van der Waals surface area (Å²) in [6.45, 7) is 0. The molecule has 1 aromatic rings. The van der Waals surface area contributed by atoms with Crippen molar-refractivity contribution in [3.8, 4) is 0 Å². The summed E-state index contributed by atoms with van der Waals surface area (Å²) in [5.41, 5.74) is 11.0. The van der Waals surface area contributed by atoms with Crippen LogP contribution in [0.4, 0.5) is 11.9 Å². The van der Waals surface area contributed by atoms with Crippen LogP contribution >= 0.6 is 0 Å². The summed E-state index contributed by atoms with van der Waals surface area (Å²) in [7, 11) is 0. The topological polar surface area (TPSA) is 123 Å². The van der Waals surface area contributed by atoms with Gasteiger partial charge in [-0.15, -0.1) is 5.10 Å². The fourth-order valence-corrected chi connectivity index (χ4v) is 2.48. The zero-order chi connectivity index (χ0) is 13.0. The smallest absolute Gasteiger partial charge is 0.241 e. The van der Waals surface area contributed by atoms with Crippen LogP contribution in [0.15, 0.2) is 0 Å². The molecule has 1 saturated carbocycles. The van der Waals surface area contributed by atoms with Gasteiger partial charge in [-0.3, -0.25) is 4.79 Å². The molecule has 1 aliphatic rings. The maximum atomic E-state index is 10.4. The van der Waals surface area contributed by atoms with Crippen LogP contribution in [-0.2, 0) is 4.79 Å². The summed E-state index contributed by atoms with van der Waals surface area (Å²) in [4.78, 5) is 14.4. The van der Waals surface area contributed by atoms with Gasteiger partial charge in [-0.05, 0) is 38.0 Å². The third-order valence-electron chi connectivity index (χ3n) is 3.43. The first-order valence-electron chi connectivity index (χ1n) is 6.25. The number of aromatic nitrogens is 3. The molecule has 1 aliphatic carbocycles. The molecule has 18 heavy (non-hydrogen) atoms. The maximum Gasteiger partial charge on any atom is 0.241 e. The Morgan fingerprint density at radius 3 is 2.72 bits per heavy atom. The molecule has 0 aromatic carbocycles. The van der Waals surface area contributed by atoms with Crippen molar-refractivity contribution >= 4 is 18.2 Å². The lowest BCUT2D eigenvalue weighted by molar-refractivity contribution is 0.314. The predicted molar refractivity (Wildman–Crippen MR) is 68.4 cm³/mol. The van der Waals surface area contributed by atoms with E-state index in [0.717, 1.165) is 32.1 Å². The molecule has 1 atom stereocenters. The summed E-state index contributed by atoms with van der Waals surface area (Å²) in [5, 5.41) is 9.78. The molecule has 2 rings (SSSR count). The minimum atomic E-state index is -0.436. The number of carbonyl (C=O) groups excluding carboxylic acids is 1. The van der Waals surface area contributed by atoms with Gasteiger partial charge in [0.15, 0.2) is 0 Å². The highest BCUT2D eigenvalue weighted by Crippen LogP contribution is 2.28. The zero-order valence-corrected chi connectivity index (χ0v) is 10.2. The van der Waals surface area contributed by atoms with Crippen LogP contribution in [0, 0.1) is 5.92 Å². The zero-order valence-electron chi connectivity index (χ0n) is 10.2. The number of nitrogens with one attached hydrogen (secondary N) is 2. The van der Waals surface area contributed by atoms with Gasteiger partial charge in [0.2, 0.25) is 18.2 Å². The fraction of sp³-hybridized carbons (Fsp3) is 0.727. The first-order valence-corrected chi connectivity index (χ1v) is 6.25. The highest BCUT2D eigenvalue weighted by Gasteiger charge is 2.23. The van der Waals surface area contributed by atoms with Crippen molar-refractivity contribution in [2.24, 2.45) is 11.7 Å². The van der Waals surface area contributed by atoms with Crippen molar-refractivity contribution in [3.05, 3.63) is 0 Å². The third kappa shape index (κ3) is 3.43. The van der Waals surface area contributed by atoms with Crippen LogP contribution in [0.3, 0.4) is 0 Å². The van der Waals surface area contributed by atoms with Crippen LogP contribution in [0.25, 0.3) is 0 Å². The van der Waals surface area contributed by atoms with Crippen LogP contribution < -0.4 is 16.8 Å². The molecule has 0 amide bonds. The van der Waals surface area contributed by atoms with E-state index in [0.29, 0.717) is 17.9 Å². The van der Waals surface area contributed by atoms with Gasteiger partial charge in [0.1, 0.15) is 0 Å². The largest absolute Gasteiger partial charge is 0.366 e. The van der Waals surface area contributed by atoms with Gasteiger partial charge in [-0.25, -0.2) is 5.10 Å². The minimum Gasteiger partial charge on any atom is -0.366 e. The number of nitrogens with zero attached hydrogens (tertiary/aromatic N) is 2. The van der Waals surface area contributed by atoms with Gasteiger partial charge in [-0.2, -0.15) is 4.98 Å². The Morgan fingerprint density at radius 1 is 1.44 bits per heavy atom. The SMILES string of the molecule is Nc1n[nH]c(NC2CCC(C[C@H](N)[C]=O)CC2)n1. The van der Waals surface area contributed by atoms with E-state index < -0.39 is 6.04 Å². The Hall–Kier alpha value is -1.63. The molecule has 0 aliphatic heterocycles. The molecule has 6 N–H and O–H groups in total. The number of aromatic amines is 1. The molecule has 7 nitrogen and oxygen atoms in total. The molecule has 0 spiro atoms. The summed E-state index contributed by atoms with van der Waals surface area (Å²) in [5.74, 6) is 1.40. The van der Waals surface area contributed by atoms with E-state index in [4.69, 9.17) is 11.5 Å². The van der Waals surface area contributed by atoms with Gasteiger partial charge < -0.3 is 16.8 Å². The minimum absolute atomic E-state index is 0.249. The Balaban J connectivity index is 1.75. The maximum absolute atomic E-state index is 10.4. The van der Waals surface area contributed by atoms with Gasteiger partial charge in [0.05, 0.1) is 6.04 Å². The van der Waals surface area contributed by atoms with Gasteiger partial charge >= 0.3 is 0 Å². The van der Waals surface area contributed by atoms with Crippen LogP contribution in [0.5, 0.6) is 0 Å². The summed E-state index contributed by atoms with van der Waals surface area (Å²) >= 11 is 0. The van der Waals surface area contributed by atoms with Crippen LogP contribution in [-0.4, -0.2) is 33.6 Å². The lowest BCUT2D eigenvalue weighted by atomic mass is 9.82. The van der Waals surface area contributed by atoms with Crippen molar-refractivity contribution < 1.29 is 4.79 Å². The van der Waals surface area contributed by atoms with E-state index >= 15 is 0 Å². The monoisotopic (exact) mass is 251 g/mol. The predicted octanol–water partition coefficient (Wildman–Crippen LogP) is 0.185. The third-order valence-corrected chi connectivity index (χ3v) is 3.43. The summed E-state index contributed by atoms with van der Waals surface area (Å²) < 4.78 is 0. The van der Waals surface area contributed by atoms with E-state index in [1.165, 1.54) is 0 Å². The number of anilines is 2. The first-order chi connectivity index (χ1) is 8.67. The van der Waals surface area contributed by atoms with Crippen molar-refractivity contribution in [3.63, 3.8) is 0 Å². The number of nitrogen functional groups attached to an aromatic ring is 1. The van der Waals surface area contributed by atoms with Crippen molar-refractivity contribution in [1.29, 1.82) is 0 Å². The number of hydrogen-bond donors (Lipinski definition) is 4. The van der Waals surface area contributed by atoms with E-state index in [9.17, 15) is 4.79 Å². The molecule has 7 heteroatoms. The average molecular weight is 251 g/mol. The quantitative estimate of drug-likeness (QED) is 0.592.